The largest absolute Gasteiger partial charge is 0.490 e. The number of nitrogens with two attached hydrogens (primary N) is 1. The topological polar surface area (TPSA) is 25.8 Å². The van der Waals surface area contributed by atoms with Crippen LogP contribution < -0.4 is 10.1 Å². The molecule has 3 atom stereocenters. The van der Waals surface area contributed by atoms with Crippen molar-refractivity contribution >= 4 is 0 Å². The van der Waals surface area contributed by atoms with E-state index in [-0.39, 0.29) is 0 Å². The second kappa shape index (κ2) is 7.49. The van der Waals surface area contributed by atoms with Crippen LogP contribution in [0.25, 0.3) is 0 Å². The zero-order valence-corrected chi connectivity index (χ0v) is 12.8. The summed E-state index contributed by atoms with van der Waals surface area (Å²) in [5, 5.41) is 2.52. The molecule has 0 bridgehead atoms. The molecule has 20 heavy (non-hydrogen) atoms. The van der Waals surface area contributed by atoms with E-state index in [9.17, 15) is 0 Å². The predicted molar refractivity (Wildman–Crippen MR) is 83.7 cm³/mol. The van der Waals surface area contributed by atoms with Gasteiger partial charge in [-0.3, -0.25) is 0 Å². The fourth-order valence-electron chi connectivity index (χ4n) is 3.16. The lowest BCUT2D eigenvalue weighted by molar-refractivity contribution is -0.713. The Balaban J connectivity index is 1.88. The van der Waals surface area contributed by atoms with E-state index in [1.54, 1.807) is 6.08 Å². The second-order valence-corrected chi connectivity index (χ2v) is 6.12. The van der Waals surface area contributed by atoms with Crippen molar-refractivity contribution in [1.29, 1.82) is 0 Å². The first-order valence-electron chi connectivity index (χ1n) is 7.86. The lowest BCUT2D eigenvalue weighted by atomic mass is 9.78. The number of hydrogen-bond acceptors (Lipinski definition) is 1. The van der Waals surface area contributed by atoms with Crippen LogP contribution in [0, 0.1) is 11.8 Å². The Morgan fingerprint density at radius 3 is 3.00 bits per heavy atom. The summed E-state index contributed by atoms with van der Waals surface area (Å²) < 4.78 is 5.59. The van der Waals surface area contributed by atoms with E-state index < -0.39 is 0 Å². The molecule has 1 fully saturated rings. The molecule has 1 aromatic rings. The number of hydrogen-bond donors (Lipinski definition) is 1. The number of ether oxygens (including phenoxy) is 1. The lowest BCUT2D eigenvalue weighted by Gasteiger charge is -2.32. The minimum absolute atomic E-state index is 0.574. The van der Waals surface area contributed by atoms with Crippen LogP contribution in [-0.2, 0) is 6.54 Å². The van der Waals surface area contributed by atoms with Gasteiger partial charge in [-0.2, -0.15) is 0 Å². The van der Waals surface area contributed by atoms with Crippen molar-refractivity contribution in [2.75, 3.05) is 6.61 Å². The summed E-state index contributed by atoms with van der Waals surface area (Å²) in [6, 6.07) is 9.20. The van der Waals surface area contributed by atoms with Gasteiger partial charge >= 0.3 is 0 Å². The van der Waals surface area contributed by atoms with Gasteiger partial charge in [0, 0.05) is 11.5 Å². The third kappa shape index (κ3) is 4.11. The molecule has 2 nitrogen and oxygen atoms in total. The van der Waals surface area contributed by atoms with Gasteiger partial charge in [0.15, 0.2) is 0 Å². The maximum Gasteiger partial charge on any atom is 0.120 e. The molecular weight excluding hydrogens is 246 g/mol. The van der Waals surface area contributed by atoms with Crippen molar-refractivity contribution in [3.8, 4) is 5.75 Å². The third-order valence-corrected chi connectivity index (χ3v) is 4.69. The molecule has 2 heteroatoms. The fourth-order valence-corrected chi connectivity index (χ4v) is 3.16. The fraction of sp³-hybridized carbons (Fsp3) is 0.556. The number of rotatable bonds is 6. The Kier molecular flexibility index (Phi) is 5.66. The maximum absolute atomic E-state index is 5.59. The quantitative estimate of drug-likeness (QED) is 0.792. The zero-order chi connectivity index (χ0) is 14.4. The second-order valence-electron chi connectivity index (χ2n) is 6.12. The van der Waals surface area contributed by atoms with Crippen molar-refractivity contribution in [2.45, 2.75) is 45.7 Å². The van der Waals surface area contributed by atoms with E-state index in [2.05, 4.69) is 43.9 Å². The lowest BCUT2D eigenvalue weighted by Crippen LogP contribution is -2.90. The van der Waals surface area contributed by atoms with Gasteiger partial charge in [-0.1, -0.05) is 38.6 Å². The first-order chi connectivity index (χ1) is 9.70. The van der Waals surface area contributed by atoms with Crippen LogP contribution in [0.5, 0.6) is 5.75 Å². The number of benzene rings is 1. The summed E-state index contributed by atoms with van der Waals surface area (Å²) in [6.07, 6.45) is 5.92. The normalized spacial score (nSPS) is 26.2. The van der Waals surface area contributed by atoms with Gasteiger partial charge in [-0.25, -0.2) is 0 Å². The molecule has 1 aromatic carbocycles. The minimum Gasteiger partial charge on any atom is -0.490 e. The molecule has 1 aliphatic carbocycles. The van der Waals surface area contributed by atoms with Gasteiger partial charge in [-0.15, -0.1) is 0 Å². The van der Waals surface area contributed by atoms with Gasteiger partial charge in [0.05, 0.1) is 6.04 Å². The van der Waals surface area contributed by atoms with Crippen molar-refractivity contribution in [2.24, 2.45) is 11.8 Å². The van der Waals surface area contributed by atoms with Gasteiger partial charge in [-0.05, 0) is 37.3 Å². The molecule has 1 aliphatic rings. The van der Waals surface area contributed by atoms with E-state index in [0.29, 0.717) is 6.61 Å². The molecule has 2 rings (SSSR count). The average molecular weight is 274 g/mol. The van der Waals surface area contributed by atoms with Crippen LogP contribution in [0.4, 0.5) is 0 Å². The van der Waals surface area contributed by atoms with E-state index in [1.165, 1.54) is 24.8 Å². The summed E-state index contributed by atoms with van der Waals surface area (Å²) in [4.78, 5) is 0. The Morgan fingerprint density at radius 1 is 1.35 bits per heavy atom. The van der Waals surface area contributed by atoms with E-state index in [4.69, 9.17) is 4.74 Å². The third-order valence-electron chi connectivity index (χ3n) is 4.69. The standard InChI is InChI=1S/C18H27NO/c1-4-11-20-17-9-6-8-16(12-17)13-19-18-10-5-7-14(2)15(18)3/h4,6,8-9,12,14-15,18-19H,1,5,7,10-11,13H2,2-3H3/p+1/t14-,15-,18+/m1/s1. The van der Waals surface area contributed by atoms with Crippen LogP contribution in [0.15, 0.2) is 36.9 Å². The molecule has 0 heterocycles. The Bertz CT molecular complexity index is 429. The van der Waals surface area contributed by atoms with Crippen molar-refractivity contribution in [1.82, 2.24) is 0 Å². The summed E-state index contributed by atoms with van der Waals surface area (Å²) in [5.41, 5.74) is 1.34. The molecule has 2 N–H and O–H groups in total. The van der Waals surface area contributed by atoms with Crippen LogP contribution in [0.2, 0.25) is 0 Å². The smallest absolute Gasteiger partial charge is 0.120 e. The predicted octanol–water partition coefficient (Wildman–Crippen LogP) is 3.14. The molecule has 0 spiro atoms. The maximum atomic E-state index is 5.59. The SMILES string of the molecule is C=CCOc1cccc(C[NH2+][C@H]2CCC[C@@H](C)[C@H]2C)c1. The highest BCUT2D eigenvalue weighted by Crippen LogP contribution is 2.27. The van der Waals surface area contributed by atoms with Gasteiger partial charge in [0.1, 0.15) is 18.9 Å². The van der Waals surface area contributed by atoms with Crippen LogP contribution in [-0.4, -0.2) is 12.6 Å². The van der Waals surface area contributed by atoms with Crippen molar-refractivity contribution in [3.05, 3.63) is 42.5 Å². The van der Waals surface area contributed by atoms with Crippen molar-refractivity contribution in [3.63, 3.8) is 0 Å². The van der Waals surface area contributed by atoms with E-state index in [1.807, 2.05) is 6.07 Å². The first-order valence-corrected chi connectivity index (χ1v) is 7.86. The van der Waals surface area contributed by atoms with Gasteiger partial charge < -0.3 is 10.1 Å². The molecule has 0 amide bonds. The van der Waals surface area contributed by atoms with Crippen molar-refractivity contribution < 1.29 is 10.1 Å². The molecule has 110 valence electrons. The van der Waals surface area contributed by atoms with Crippen LogP contribution >= 0.6 is 0 Å². The first kappa shape index (κ1) is 15.1. The van der Waals surface area contributed by atoms with Crippen LogP contribution in [0.3, 0.4) is 0 Å². The Hall–Kier alpha value is -1.28. The molecular formula is C18H28NO+. The summed E-state index contributed by atoms with van der Waals surface area (Å²) in [7, 11) is 0. The Labute approximate surface area is 123 Å². The molecule has 0 radical (unpaired) electrons. The van der Waals surface area contributed by atoms with Gasteiger partial charge in [0.25, 0.3) is 0 Å². The van der Waals surface area contributed by atoms with Crippen LogP contribution in [0.1, 0.15) is 38.7 Å². The molecule has 0 aliphatic heterocycles. The highest BCUT2D eigenvalue weighted by Gasteiger charge is 2.29. The average Bonchev–Trinajstić information content (AvgIpc) is 2.47. The van der Waals surface area contributed by atoms with Gasteiger partial charge in [0.2, 0.25) is 0 Å². The van der Waals surface area contributed by atoms with E-state index in [0.717, 1.165) is 30.2 Å². The van der Waals surface area contributed by atoms with E-state index >= 15 is 0 Å². The monoisotopic (exact) mass is 274 g/mol. The summed E-state index contributed by atoms with van der Waals surface area (Å²) in [6.45, 7) is 10.1. The summed E-state index contributed by atoms with van der Waals surface area (Å²) in [5.74, 6) is 2.64. The zero-order valence-electron chi connectivity index (χ0n) is 12.8. The minimum atomic E-state index is 0.574. The highest BCUT2D eigenvalue weighted by atomic mass is 16.5. The molecule has 0 unspecified atom stereocenters. The highest BCUT2D eigenvalue weighted by molar-refractivity contribution is 5.28. The summed E-state index contributed by atoms with van der Waals surface area (Å²) >= 11 is 0. The molecule has 1 saturated carbocycles. The number of quaternary nitrogens is 1. The Morgan fingerprint density at radius 2 is 2.20 bits per heavy atom. The molecule has 0 saturated heterocycles. The molecule has 0 aromatic heterocycles.